The van der Waals surface area contributed by atoms with E-state index in [-0.39, 0.29) is 0 Å². The van der Waals surface area contributed by atoms with Crippen LogP contribution in [0, 0.1) is 0 Å². The predicted molar refractivity (Wildman–Crippen MR) is 58.1 cm³/mol. The molecule has 0 spiro atoms. The van der Waals surface area contributed by atoms with Gasteiger partial charge in [-0.3, -0.25) is 0 Å². The first-order valence-electron chi connectivity index (χ1n) is 4.18. The number of allylic oxidation sites excluding steroid dienone is 1. The molecule has 0 saturated carbocycles. The lowest BCUT2D eigenvalue weighted by Crippen LogP contribution is -1.83. The fourth-order valence-corrected chi connectivity index (χ4v) is 1.75. The minimum Gasteiger partial charge on any atom is -0.0952 e. The van der Waals surface area contributed by atoms with Crippen LogP contribution in [0.15, 0.2) is 35.3 Å². The maximum Gasteiger partial charge on any atom is 0.0250 e. The van der Waals surface area contributed by atoms with Gasteiger partial charge in [-0.1, -0.05) is 54.1 Å². The fraction of sp³-hybridized carbons (Fsp3) is 0.273. The monoisotopic (exact) mass is 224 g/mol. The lowest BCUT2D eigenvalue weighted by molar-refractivity contribution is 0.974. The molecular formula is C11H13Br. The van der Waals surface area contributed by atoms with Gasteiger partial charge in [0.25, 0.3) is 0 Å². The molecule has 0 fully saturated rings. The van der Waals surface area contributed by atoms with Gasteiger partial charge in [-0.15, -0.1) is 0 Å². The molecule has 0 aromatic heterocycles. The van der Waals surface area contributed by atoms with Gasteiger partial charge >= 0.3 is 0 Å². The van der Waals surface area contributed by atoms with E-state index in [4.69, 9.17) is 0 Å². The zero-order valence-corrected chi connectivity index (χ0v) is 8.89. The SMILES string of the molecule is C=C(CCC)c1ccccc1Br. The highest BCUT2D eigenvalue weighted by Crippen LogP contribution is 2.25. The minimum atomic E-state index is 1.07. The van der Waals surface area contributed by atoms with E-state index in [1.807, 2.05) is 12.1 Å². The Morgan fingerprint density at radius 2 is 2.08 bits per heavy atom. The molecule has 0 N–H and O–H groups in total. The number of rotatable bonds is 3. The molecule has 0 atom stereocenters. The van der Waals surface area contributed by atoms with Gasteiger partial charge < -0.3 is 0 Å². The quantitative estimate of drug-likeness (QED) is 0.720. The van der Waals surface area contributed by atoms with Crippen LogP contribution in [0.4, 0.5) is 0 Å². The first-order chi connectivity index (χ1) is 5.75. The van der Waals surface area contributed by atoms with Crippen LogP contribution in [0.2, 0.25) is 0 Å². The third-order valence-electron chi connectivity index (χ3n) is 1.81. The van der Waals surface area contributed by atoms with Crippen molar-refractivity contribution in [1.29, 1.82) is 0 Å². The Morgan fingerprint density at radius 3 is 2.67 bits per heavy atom. The highest BCUT2D eigenvalue weighted by Gasteiger charge is 2.00. The molecule has 1 heteroatoms. The van der Waals surface area contributed by atoms with Crippen molar-refractivity contribution in [2.24, 2.45) is 0 Å². The summed E-state index contributed by atoms with van der Waals surface area (Å²) in [6.45, 7) is 6.21. The van der Waals surface area contributed by atoms with Gasteiger partial charge in [0, 0.05) is 4.47 Å². The third kappa shape index (κ3) is 2.21. The predicted octanol–water partition coefficient (Wildman–Crippen LogP) is 4.26. The normalized spacial score (nSPS) is 9.83. The first kappa shape index (κ1) is 9.53. The smallest absolute Gasteiger partial charge is 0.0250 e. The Labute approximate surface area is 82.4 Å². The van der Waals surface area contributed by atoms with Crippen LogP contribution in [0.3, 0.4) is 0 Å². The summed E-state index contributed by atoms with van der Waals surface area (Å²) in [5.74, 6) is 0. The summed E-state index contributed by atoms with van der Waals surface area (Å²) in [6, 6.07) is 8.21. The summed E-state index contributed by atoms with van der Waals surface area (Å²) in [6.07, 6.45) is 2.22. The molecule has 0 bridgehead atoms. The van der Waals surface area contributed by atoms with Gasteiger partial charge in [0.2, 0.25) is 0 Å². The summed E-state index contributed by atoms with van der Waals surface area (Å²) in [5, 5.41) is 0. The van der Waals surface area contributed by atoms with Gasteiger partial charge in [0.15, 0.2) is 0 Å². The topological polar surface area (TPSA) is 0 Å². The molecule has 0 aliphatic heterocycles. The molecule has 0 heterocycles. The van der Waals surface area contributed by atoms with E-state index >= 15 is 0 Å². The largest absolute Gasteiger partial charge is 0.0952 e. The molecule has 0 saturated heterocycles. The van der Waals surface area contributed by atoms with Crippen LogP contribution in [0.5, 0.6) is 0 Å². The maximum atomic E-state index is 4.05. The molecule has 0 radical (unpaired) electrons. The van der Waals surface area contributed by atoms with Gasteiger partial charge in [-0.25, -0.2) is 0 Å². The average Bonchev–Trinajstić information content (AvgIpc) is 2.05. The number of hydrogen-bond acceptors (Lipinski definition) is 0. The number of halogens is 1. The van der Waals surface area contributed by atoms with E-state index in [2.05, 4.69) is 41.6 Å². The highest BCUT2D eigenvalue weighted by molar-refractivity contribution is 9.10. The molecule has 0 aliphatic carbocycles. The molecule has 0 aliphatic rings. The molecule has 64 valence electrons. The molecule has 1 rings (SSSR count). The zero-order chi connectivity index (χ0) is 8.97. The highest BCUT2D eigenvalue weighted by atomic mass is 79.9. The van der Waals surface area contributed by atoms with Crippen molar-refractivity contribution >= 4 is 21.5 Å². The lowest BCUT2D eigenvalue weighted by Gasteiger charge is -2.05. The second-order valence-corrected chi connectivity index (χ2v) is 3.69. The van der Waals surface area contributed by atoms with E-state index in [1.165, 1.54) is 11.1 Å². The van der Waals surface area contributed by atoms with E-state index in [1.54, 1.807) is 0 Å². The minimum absolute atomic E-state index is 1.07. The maximum absolute atomic E-state index is 4.05. The van der Waals surface area contributed by atoms with Crippen molar-refractivity contribution in [2.45, 2.75) is 19.8 Å². The van der Waals surface area contributed by atoms with Crippen LogP contribution in [-0.2, 0) is 0 Å². The van der Waals surface area contributed by atoms with Crippen molar-refractivity contribution in [3.05, 3.63) is 40.9 Å². The summed E-state index contributed by atoms with van der Waals surface area (Å²) < 4.78 is 1.14. The van der Waals surface area contributed by atoms with Crippen molar-refractivity contribution in [2.75, 3.05) is 0 Å². The Morgan fingerprint density at radius 1 is 1.42 bits per heavy atom. The second kappa shape index (κ2) is 4.46. The van der Waals surface area contributed by atoms with Gasteiger partial charge in [0.1, 0.15) is 0 Å². The first-order valence-corrected chi connectivity index (χ1v) is 4.97. The molecule has 0 nitrogen and oxygen atoms in total. The van der Waals surface area contributed by atoms with Crippen LogP contribution in [0.25, 0.3) is 5.57 Å². The van der Waals surface area contributed by atoms with E-state index in [0.717, 1.165) is 17.3 Å². The van der Waals surface area contributed by atoms with Crippen molar-refractivity contribution < 1.29 is 0 Å². The van der Waals surface area contributed by atoms with Crippen LogP contribution in [0.1, 0.15) is 25.3 Å². The Hall–Kier alpha value is -0.560. The van der Waals surface area contributed by atoms with Gasteiger partial charge in [-0.05, 0) is 23.6 Å². The third-order valence-corrected chi connectivity index (χ3v) is 2.50. The fourth-order valence-electron chi connectivity index (χ4n) is 1.18. The molecular weight excluding hydrogens is 212 g/mol. The average molecular weight is 225 g/mol. The Bertz CT molecular complexity index is 276. The van der Waals surface area contributed by atoms with Crippen LogP contribution >= 0.6 is 15.9 Å². The second-order valence-electron chi connectivity index (χ2n) is 2.83. The van der Waals surface area contributed by atoms with E-state index in [0.29, 0.717) is 0 Å². The van der Waals surface area contributed by atoms with Crippen molar-refractivity contribution in [1.82, 2.24) is 0 Å². The van der Waals surface area contributed by atoms with Gasteiger partial charge in [0.05, 0.1) is 0 Å². The Balaban J connectivity index is 2.87. The summed E-state index contributed by atoms with van der Waals surface area (Å²) in [5.41, 5.74) is 2.45. The van der Waals surface area contributed by atoms with Gasteiger partial charge in [-0.2, -0.15) is 0 Å². The zero-order valence-electron chi connectivity index (χ0n) is 7.31. The van der Waals surface area contributed by atoms with E-state index in [9.17, 15) is 0 Å². The number of hydrogen-bond donors (Lipinski definition) is 0. The molecule has 1 aromatic carbocycles. The lowest BCUT2D eigenvalue weighted by atomic mass is 10.0. The van der Waals surface area contributed by atoms with E-state index < -0.39 is 0 Å². The molecule has 0 amide bonds. The summed E-state index contributed by atoms with van der Waals surface area (Å²) in [4.78, 5) is 0. The molecule has 12 heavy (non-hydrogen) atoms. The summed E-state index contributed by atoms with van der Waals surface area (Å²) in [7, 11) is 0. The number of benzene rings is 1. The van der Waals surface area contributed by atoms with Crippen LogP contribution in [-0.4, -0.2) is 0 Å². The molecule has 1 aromatic rings. The summed E-state index contributed by atoms with van der Waals surface area (Å²) >= 11 is 3.51. The standard InChI is InChI=1S/C11H13Br/c1-3-6-9(2)10-7-4-5-8-11(10)12/h4-5,7-8H,2-3,6H2,1H3. The Kier molecular flexibility index (Phi) is 3.54. The molecule has 0 unspecified atom stereocenters. The van der Waals surface area contributed by atoms with Crippen molar-refractivity contribution in [3.63, 3.8) is 0 Å². The van der Waals surface area contributed by atoms with Crippen LogP contribution < -0.4 is 0 Å². The van der Waals surface area contributed by atoms with Crippen molar-refractivity contribution in [3.8, 4) is 0 Å².